The summed E-state index contributed by atoms with van der Waals surface area (Å²) in [6.45, 7) is 0. The van der Waals surface area contributed by atoms with Gasteiger partial charge < -0.3 is 11.1 Å². The fraction of sp³-hybridized carbons (Fsp3) is 0.0769. The topological polar surface area (TPSA) is 68.0 Å². The molecule has 0 atom stereocenters. The molecule has 2 rings (SSSR count). The fourth-order valence-corrected chi connectivity index (χ4v) is 3.34. The molecule has 1 aromatic carbocycles. The average molecular weight is 407 g/mol. The summed E-state index contributed by atoms with van der Waals surface area (Å²) >= 11 is 16.5. The molecule has 3 N–H and O–H groups in total. The minimum Gasteiger partial charge on any atom is -0.399 e. The number of rotatable bonds is 4. The van der Waals surface area contributed by atoms with Crippen LogP contribution in [-0.2, 0) is 4.79 Å². The Hall–Kier alpha value is -0.950. The Bertz CT molecular complexity index is 684. The van der Waals surface area contributed by atoms with E-state index in [4.69, 9.17) is 28.9 Å². The summed E-state index contributed by atoms with van der Waals surface area (Å²) in [5.74, 6) is 0.312. The van der Waals surface area contributed by atoms with Crippen molar-refractivity contribution in [3.63, 3.8) is 0 Å². The highest BCUT2D eigenvalue weighted by Crippen LogP contribution is 2.29. The minimum atomic E-state index is -0.208. The second-order valence-electron chi connectivity index (χ2n) is 4.01. The zero-order valence-electron chi connectivity index (χ0n) is 10.6. The van der Waals surface area contributed by atoms with Gasteiger partial charge in [0, 0.05) is 21.3 Å². The summed E-state index contributed by atoms with van der Waals surface area (Å²) in [7, 11) is 0. The molecule has 0 saturated carbocycles. The molecule has 0 aliphatic rings. The van der Waals surface area contributed by atoms with Crippen molar-refractivity contribution in [3.8, 4) is 0 Å². The van der Waals surface area contributed by atoms with E-state index in [1.807, 2.05) is 6.07 Å². The maximum Gasteiger partial charge on any atom is 0.235 e. The molecule has 0 aliphatic carbocycles. The first-order valence-electron chi connectivity index (χ1n) is 5.74. The maximum absolute atomic E-state index is 11.9. The second kappa shape index (κ2) is 7.35. The number of carbonyl (C=O) groups excluding carboxylic acids is 1. The maximum atomic E-state index is 11.9. The summed E-state index contributed by atoms with van der Waals surface area (Å²) in [4.78, 5) is 16.8. The van der Waals surface area contributed by atoms with Crippen molar-refractivity contribution < 1.29 is 4.79 Å². The van der Waals surface area contributed by atoms with Crippen molar-refractivity contribution in [2.75, 3.05) is 16.8 Å². The number of halogens is 3. The van der Waals surface area contributed by atoms with Crippen LogP contribution in [0.25, 0.3) is 0 Å². The number of nitrogens with one attached hydrogen (secondary N) is 1. The van der Waals surface area contributed by atoms with Crippen LogP contribution in [0.2, 0.25) is 10.0 Å². The first-order valence-corrected chi connectivity index (χ1v) is 8.28. The van der Waals surface area contributed by atoms with Gasteiger partial charge in [0.15, 0.2) is 5.82 Å². The molecule has 1 aromatic heterocycles. The third-order valence-electron chi connectivity index (χ3n) is 2.38. The van der Waals surface area contributed by atoms with Crippen molar-refractivity contribution in [1.82, 2.24) is 4.98 Å². The lowest BCUT2D eigenvalue weighted by molar-refractivity contribution is -0.113. The predicted octanol–water partition coefficient (Wildman–Crippen LogP) is 4.46. The molecule has 0 radical (unpaired) electrons. The van der Waals surface area contributed by atoms with E-state index in [-0.39, 0.29) is 11.7 Å². The molecule has 0 unspecified atom stereocenters. The first-order chi connectivity index (χ1) is 9.95. The van der Waals surface area contributed by atoms with Crippen LogP contribution in [-0.4, -0.2) is 16.6 Å². The Morgan fingerprint density at radius 1 is 1.38 bits per heavy atom. The lowest BCUT2D eigenvalue weighted by Gasteiger charge is -2.07. The van der Waals surface area contributed by atoms with Crippen LogP contribution >= 0.6 is 50.9 Å². The van der Waals surface area contributed by atoms with Gasteiger partial charge in [0.2, 0.25) is 5.91 Å². The molecule has 21 heavy (non-hydrogen) atoms. The van der Waals surface area contributed by atoms with Crippen molar-refractivity contribution >= 4 is 68.3 Å². The number of pyridine rings is 1. The normalized spacial score (nSPS) is 10.4. The largest absolute Gasteiger partial charge is 0.399 e. The monoisotopic (exact) mass is 405 g/mol. The number of aromatic nitrogens is 1. The standard InChI is InChI=1S/C13H10BrCl2N3OS/c14-9-4-8(17)1-2-11(9)21-6-12(20)19-13-10(16)3-7(15)5-18-13/h1-5H,6,17H2,(H,18,19,20). The minimum absolute atomic E-state index is 0.208. The van der Waals surface area contributed by atoms with Crippen LogP contribution in [0, 0.1) is 0 Å². The van der Waals surface area contributed by atoms with Crippen LogP contribution in [0.4, 0.5) is 11.5 Å². The van der Waals surface area contributed by atoms with E-state index in [2.05, 4.69) is 26.2 Å². The van der Waals surface area contributed by atoms with Gasteiger partial charge in [-0.15, -0.1) is 11.8 Å². The highest BCUT2D eigenvalue weighted by molar-refractivity contribution is 9.10. The number of nitrogens with two attached hydrogens (primary N) is 1. The molecule has 0 saturated heterocycles. The van der Waals surface area contributed by atoms with E-state index in [9.17, 15) is 4.79 Å². The fourth-order valence-electron chi connectivity index (χ4n) is 1.45. The van der Waals surface area contributed by atoms with Crippen LogP contribution in [0.3, 0.4) is 0 Å². The van der Waals surface area contributed by atoms with E-state index in [0.29, 0.717) is 21.6 Å². The Labute approximate surface area is 144 Å². The summed E-state index contributed by atoms with van der Waals surface area (Å²) in [5, 5.41) is 3.35. The third-order valence-corrected chi connectivity index (χ3v) is 4.87. The SMILES string of the molecule is Nc1ccc(SCC(=O)Nc2ncc(Cl)cc2Cl)c(Br)c1. The summed E-state index contributed by atoms with van der Waals surface area (Å²) in [6, 6.07) is 6.95. The number of carbonyl (C=O) groups is 1. The van der Waals surface area contributed by atoms with E-state index in [1.54, 1.807) is 12.1 Å². The predicted molar refractivity (Wildman–Crippen MR) is 92.2 cm³/mol. The summed E-state index contributed by atoms with van der Waals surface area (Å²) in [6.07, 6.45) is 1.42. The first kappa shape index (κ1) is 16.4. The molecule has 2 aromatic rings. The Balaban J connectivity index is 1.96. The van der Waals surface area contributed by atoms with E-state index >= 15 is 0 Å². The van der Waals surface area contributed by atoms with Crippen LogP contribution in [0.15, 0.2) is 39.8 Å². The van der Waals surface area contributed by atoms with Crippen molar-refractivity contribution in [1.29, 1.82) is 0 Å². The third kappa shape index (κ3) is 4.78. The van der Waals surface area contributed by atoms with E-state index < -0.39 is 0 Å². The van der Waals surface area contributed by atoms with Gasteiger partial charge in [-0.2, -0.15) is 0 Å². The second-order valence-corrected chi connectivity index (χ2v) is 6.73. The molecular weight excluding hydrogens is 397 g/mol. The summed E-state index contributed by atoms with van der Waals surface area (Å²) in [5.41, 5.74) is 6.32. The number of nitrogens with zero attached hydrogens (tertiary/aromatic N) is 1. The Morgan fingerprint density at radius 2 is 2.14 bits per heavy atom. The smallest absolute Gasteiger partial charge is 0.235 e. The van der Waals surface area contributed by atoms with Gasteiger partial charge in [0.1, 0.15) is 0 Å². The number of thioether (sulfide) groups is 1. The quantitative estimate of drug-likeness (QED) is 0.580. The molecular formula is C13H10BrCl2N3OS. The van der Waals surface area contributed by atoms with Gasteiger partial charge >= 0.3 is 0 Å². The van der Waals surface area contributed by atoms with Gasteiger partial charge in [0.25, 0.3) is 0 Å². The van der Waals surface area contributed by atoms with Crippen LogP contribution in [0.1, 0.15) is 0 Å². The zero-order chi connectivity index (χ0) is 15.4. The van der Waals surface area contributed by atoms with E-state index in [1.165, 1.54) is 24.0 Å². The van der Waals surface area contributed by atoms with Gasteiger partial charge in [-0.1, -0.05) is 23.2 Å². The van der Waals surface area contributed by atoms with Crippen molar-refractivity contribution in [3.05, 3.63) is 45.0 Å². The van der Waals surface area contributed by atoms with Gasteiger partial charge in [-0.05, 0) is 40.2 Å². The van der Waals surface area contributed by atoms with E-state index in [0.717, 1.165) is 9.37 Å². The molecule has 110 valence electrons. The molecule has 4 nitrogen and oxygen atoms in total. The lowest BCUT2D eigenvalue weighted by atomic mass is 10.3. The molecule has 1 amide bonds. The average Bonchev–Trinajstić information content (AvgIpc) is 2.41. The zero-order valence-corrected chi connectivity index (χ0v) is 14.5. The molecule has 1 heterocycles. The molecule has 0 bridgehead atoms. The Kier molecular flexibility index (Phi) is 5.75. The Morgan fingerprint density at radius 3 is 2.81 bits per heavy atom. The van der Waals surface area contributed by atoms with Gasteiger partial charge in [-0.3, -0.25) is 4.79 Å². The summed E-state index contributed by atoms with van der Waals surface area (Å²) < 4.78 is 0.850. The molecule has 0 aliphatic heterocycles. The number of amides is 1. The molecule has 0 fully saturated rings. The van der Waals surface area contributed by atoms with Gasteiger partial charge in [-0.25, -0.2) is 4.98 Å². The number of anilines is 2. The van der Waals surface area contributed by atoms with Crippen molar-refractivity contribution in [2.45, 2.75) is 4.90 Å². The number of hydrogen-bond donors (Lipinski definition) is 2. The number of hydrogen-bond acceptors (Lipinski definition) is 4. The lowest BCUT2D eigenvalue weighted by Crippen LogP contribution is -2.15. The van der Waals surface area contributed by atoms with Crippen LogP contribution in [0.5, 0.6) is 0 Å². The number of nitrogen functional groups attached to an aromatic ring is 1. The van der Waals surface area contributed by atoms with Crippen molar-refractivity contribution in [2.24, 2.45) is 0 Å². The van der Waals surface area contributed by atoms with Gasteiger partial charge in [0.05, 0.1) is 15.8 Å². The molecule has 0 spiro atoms. The number of benzene rings is 1. The van der Waals surface area contributed by atoms with Crippen LogP contribution < -0.4 is 11.1 Å². The molecule has 8 heteroatoms. The highest BCUT2D eigenvalue weighted by atomic mass is 79.9. The highest BCUT2D eigenvalue weighted by Gasteiger charge is 2.09.